The van der Waals surface area contributed by atoms with Crippen molar-refractivity contribution in [3.8, 4) is 17.2 Å². The van der Waals surface area contributed by atoms with Crippen molar-refractivity contribution >= 4 is 23.4 Å². The second-order valence-electron chi connectivity index (χ2n) is 15.7. The van der Waals surface area contributed by atoms with Crippen molar-refractivity contribution in [1.29, 1.82) is 0 Å². The third-order valence-electron chi connectivity index (χ3n) is 12.3. The number of nitrogens with zero attached hydrogens (tertiary/aromatic N) is 2. The lowest BCUT2D eigenvalue weighted by Crippen LogP contribution is -2.69. The molecule has 0 aromatic heterocycles. The molecular formula is C45H62N2O7S. The van der Waals surface area contributed by atoms with E-state index in [0.29, 0.717) is 31.8 Å². The molecule has 1 aliphatic heterocycles. The molecule has 0 spiro atoms. The summed E-state index contributed by atoms with van der Waals surface area (Å²) in [6.07, 6.45) is 17.8. The van der Waals surface area contributed by atoms with Crippen LogP contribution in [0.1, 0.15) is 102 Å². The molecule has 6 unspecified atom stereocenters. The van der Waals surface area contributed by atoms with E-state index in [9.17, 15) is 15.0 Å². The molecule has 2 fully saturated rings. The van der Waals surface area contributed by atoms with E-state index in [0.717, 1.165) is 72.6 Å². The Balaban J connectivity index is 1.50. The Morgan fingerprint density at radius 1 is 1.04 bits per heavy atom. The Bertz CT molecular complexity index is 1640. The zero-order valence-corrected chi connectivity index (χ0v) is 33.9. The molecule has 0 saturated heterocycles. The second-order valence-corrected chi connectivity index (χ2v) is 16.5. The Hall–Kier alpha value is -3.31. The summed E-state index contributed by atoms with van der Waals surface area (Å²) in [5.74, 6) is 1.55. The molecule has 6 atom stereocenters. The highest BCUT2D eigenvalue weighted by molar-refractivity contribution is 7.98. The highest BCUT2D eigenvalue weighted by Crippen LogP contribution is 2.62. The zero-order valence-electron chi connectivity index (χ0n) is 33.1. The number of carbonyl (C=O) groups is 1. The number of benzene rings is 2. The second kappa shape index (κ2) is 19.7. The highest BCUT2D eigenvalue weighted by Gasteiger charge is 2.65. The Morgan fingerprint density at radius 3 is 2.45 bits per heavy atom. The molecule has 4 aliphatic rings. The van der Waals surface area contributed by atoms with E-state index in [2.05, 4.69) is 37.1 Å². The van der Waals surface area contributed by atoms with Crippen molar-refractivity contribution in [2.45, 2.75) is 113 Å². The average Bonchev–Trinajstić information content (AvgIpc) is 3.74. The number of aliphatic hydroxyl groups excluding tert-OH is 2. The topological polar surface area (TPSA) is 110 Å². The average molecular weight is 775 g/mol. The van der Waals surface area contributed by atoms with Gasteiger partial charge in [-0.2, -0.15) is 0 Å². The monoisotopic (exact) mass is 774 g/mol. The van der Waals surface area contributed by atoms with E-state index in [1.165, 1.54) is 30.6 Å². The Labute approximate surface area is 332 Å². The van der Waals surface area contributed by atoms with E-state index in [4.69, 9.17) is 24.2 Å². The molecule has 2 aromatic carbocycles. The number of likely N-dealkylation sites (N-methyl/N-ethyl adjacent to an activating group) is 1. The number of amides is 1. The maximum Gasteiger partial charge on any atom is 0.239 e. The summed E-state index contributed by atoms with van der Waals surface area (Å²) in [4.78, 5) is 23.1. The van der Waals surface area contributed by atoms with E-state index in [1.54, 1.807) is 17.8 Å². The highest BCUT2D eigenvalue weighted by atomic mass is 32.2. The Kier molecular flexibility index (Phi) is 14.8. The van der Waals surface area contributed by atoms with Gasteiger partial charge in [0.2, 0.25) is 11.7 Å². The SMILES string of the molecule is C=CCOC12Oc3ccc(Oc4ccc(SC)cc4)cc3C3C(CCCCO)C(CCCCO)C=C(C(=NOCC)CC1N(C)C(=O)CCC1CCCC1)C32. The van der Waals surface area contributed by atoms with Crippen LogP contribution in [0.25, 0.3) is 0 Å². The van der Waals surface area contributed by atoms with Crippen molar-refractivity contribution < 1.29 is 34.1 Å². The first-order chi connectivity index (χ1) is 26.9. The molecule has 2 N–H and O–H groups in total. The van der Waals surface area contributed by atoms with E-state index in [1.807, 2.05) is 43.1 Å². The summed E-state index contributed by atoms with van der Waals surface area (Å²) >= 11 is 1.69. The van der Waals surface area contributed by atoms with Gasteiger partial charge in [-0.15, -0.1) is 18.3 Å². The predicted molar refractivity (Wildman–Crippen MR) is 219 cm³/mol. The number of oxime groups is 1. The lowest BCUT2D eigenvalue weighted by atomic mass is 9.55. The molecule has 0 radical (unpaired) electrons. The molecule has 55 heavy (non-hydrogen) atoms. The third-order valence-corrected chi connectivity index (χ3v) is 13.1. The summed E-state index contributed by atoms with van der Waals surface area (Å²) in [5.41, 5.74) is 2.91. The predicted octanol–water partition coefficient (Wildman–Crippen LogP) is 9.28. The van der Waals surface area contributed by atoms with Gasteiger partial charge in [-0.1, -0.05) is 55.8 Å². The molecular weight excluding hydrogens is 713 g/mol. The summed E-state index contributed by atoms with van der Waals surface area (Å²) in [6.45, 7) is 6.92. The first-order valence-corrected chi connectivity index (χ1v) is 21.9. The van der Waals surface area contributed by atoms with Crippen LogP contribution < -0.4 is 9.47 Å². The summed E-state index contributed by atoms with van der Waals surface area (Å²) in [5, 5.41) is 24.5. The van der Waals surface area contributed by atoms with Gasteiger partial charge in [-0.25, -0.2) is 0 Å². The lowest BCUT2D eigenvalue weighted by Gasteiger charge is -2.59. The van der Waals surface area contributed by atoms with Crippen LogP contribution in [0.5, 0.6) is 17.2 Å². The number of thioether (sulfide) groups is 1. The zero-order chi connectivity index (χ0) is 38.8. The van der Waals surface area contributed by atoms with Gasteiger partial charge in [-0.05, 0) is 111 Å². The van der Waals surface area contributed by atoms with Gasteiger partial charge >= 0.3 is 0 Å². The number of carbonyl (C=O) groups excluding carboxylic acids is 1. The van der Waals surface area contributed by atoms with Crippen LogP contribution in [-0.2, 0) is 14.4 Å². The molecule has 9 nitrogen and oxygen atoms in total. The van der Waals surface area contributed by atoms with Gasteiger partial charge in [0.1, 0.15) is 29.9 Å². The van der Waals surface area contributed by atoms with Crippen molar-refractivity contribution in [2.24, 2.45) is 28.8 Å². The molecule has 2 aromatic rings. The number of rotatable bonds is 20. The fourth-order valence-electron chi connectivity index (χ4n) is 9.69. The van der Waals surface area contributed by atoms with Gasteiger partial charge in [-0.3, -0.25) is 4.79 Å². The van der Waals surface area contributed by atoms with Crippen LogP contribution in [0.3, 0.4) is 0 Å². The van der Waals surface area contributed by atoms with Crippen molar-refractivity contribution in [1.82, 2.24) is 4.90 Å². The molecule has 1 heterocycles. The van der Waals surface area contributed by atoms with Crippen molar-refractivity contribution in [3.63, 3.8) is 0 Å². The molecule has 10 heteroatoms. The summed E-state index contributed by atoms with van der Waals surface area (Å²) < 4.78 is 20.8. The smallest absolute Gasteiger partial charge is 0.239 e. The molecule has 6 rings (SSSR count). The lowest BCUT2D eigenvalue weighted by molar-refractivity contribution is -0.255. The van der Waals surface area contributed by atoms with Crippen LogP contribution >= 0.6 is 11.8 Å². The number of allylic oxidation sites excluding steroid dienone is 1. The maximum atomic E-state index is 14.2. The van der Waals surface area contributed by atoms with E-state index >= 15 is 0 Å². The number of hydrogen-bond donors (Lipinski definition) is 2. The number of aliphatic hydroxyl groups is 2. The summed E-state index contributed by atoms with van der Waals surface area (Å²) in [7, 11) is 1.90. The number of unbranched alkanes of at least 4 members (excludes halogenated alkanes) is 2. The largest absolute Gasteiger partial charge is 0.459 e. The van der Waals surface area contributed by atoms with Crippen molar-refractivity contribution in [2.75, 3.05) is 39.7 Å². The van der Waals surface area contributed by atoms with E-state index < -0.39 is 11.8 Å². The molecule has 0 bridgehead atoms. The number of fused-ring (bicyclic) bond motifs is 2. The maximum absolute atomic E-state index is 14.2. The standard InChI is InChI=1S/C45H62N2O7S/c1-5-27-51-45-41(47(3)42(50)24-17-31-13-7-8-14-31)30-39(46-52-6-2)37-28-32(15-9-11-25-48)36(16-10-12-26-49)43(44(37)45)38-29-34(20-23-40(38)54-45)53-33-18-21-35(55-4)22-19-33/h5,18-23,28-29,31-32,36,41,43-44,48-49H,1,6-17,24-27,30H2,2-4H3. The Morgan fingerprint density at radius 2 is 1.76 bits per heavy atom. The third kappa shape index (κ3) is 9.30. The quantitative estimate of drug-likeness (QED) is 0.0593. The molecule has 2 saturated carbocycles. The van der Waals surface area contributed by atoms with Crippen LogP contribution in [0.4, 0.5) is 0 Å². The van der Waals surface area contributed by atoms with Gasteiger partial charge < -0.3 is 34.2 Å². The molecule has 3 aliphatic carbocycles. The first-order valence-electron chi connectivity index (χ1n) is 20.6. The van der Waals surface area contributed by atoms with Crippen LogP contribution in [0.15, 0.2) is 76.8 Å². The van der Waals surface area contributed by atoms with E-state index in [-0.39, 0.29) is 49.4 Å². The van der Waals surface area contributed by atoms with Crippen LogP contribution in [-0.4, -0.2) is 78.3 Å². The van der Waals surface area contributed by atoms with Gasteiger partial charge in [0, 0.05) is 49.5 Å². The minimum Gasteiger partial charge on any atom is -0.459 e. The normalized spacial score (nSPS) is 26.5. The minimum atomic E-state index is -1.23. The van der Waals surface area contributed by atoms with Crippen LogP contribution in [0, 0.1) is 23.7 Å². The fraction of sp³-hybridized carbons (Fsp3) is 0.600. The van der Waals surface area contributed by atoms with Gasteiger partial charge in [0.15, 0.2) is 0 Å². The summed E-state index contributed by atoms with van der Waals surface area (Å²) in [6, 6.07) is 13.7. The van der Waals surface area contributed by atoms with Gasteiger partial charge in [0.25, 0.3) is 0 Å². The number of ether oxygens (including phenoxy) is 3. The first kappa shape index (κ1) is 41.3. The fourth-order valence-corrected chi connectivity index (χ4v) is 10.1. The minimum absolute atomic E-state index is 0.0843. The van der Waals surface area contributed by atoms with Gasteiger partial charge in [0.05, 0.1) is 18.2 Å². The number of hydrogen-bond acceptors (Lipinski definition) is 9. The van der Waals surface area contributed by atoms with Crippen molar-refractivity contribution in [3.05, 3.63) is 72.3 Å². The molecule has 1 amide bonds. The molecule has 300 valence electrons. The van der Waals surface area contributed by atoms with Crippen LogP contribution in [0.2, 0.25) is 0 Å².